The second-order valence-electron chi connectivity index (χ2n) is 6.10. The zero-order chi connectivity index (χ0) is 19.7. The molecule has 2 aliphatic heterocycles. The van der Waals surface area contributed by atoms with Gasteiger partial charge in [0.25, 0.3) is 5.91 Å². The summed E-state index contributed by atoms with van der Waals surface area (Å²) in [7, 11) is 0. The highest BCUT2D eigenvalue weighted by molar-refractivity contribution is 8.19. The normalized spacial score (nSPS) is 20.2. The Morgan fingerprint density at radius 1 is 1.11 bits per heavy atom. The molecule has 4 rings (SSSR count). The Labute approximate surface area is 178 Å². The lowest BCUT2D eigenvalue weighted by Crippen LogP contribution is -2.30. The molecule has 0 unspecified atom stereocenters. The van der Waals surface area contributed by atoms with Gasteiger partial charge in [0.15, 0.2) is 5.17 Å². The lowest BCUT2D eigenvalue weighted by molar-refractivity contribution is -0.121. The number of fused-ring (bicyclic) bond motifs is 1. The molecule has 0 atom stereocenters. The highest BCUT2D eigenvalue weighted by atomic mass is 35.5. The zero-order valence-electron chi connectivity index (χ0n) is 15.3. The summed E-state index contributed by atoms with van der Waals surface area (Å²) in [5.74, 6) is -0.0514. The maximum atomic E-state index is 13.2. The molecule has 0 radical (unpaired) electrons. The fraction of sp³-hybridized carbons (Fsp3) is 0.143. The zero-order valence-corrected chi connectivity index (χ0v) is 17.7. The third-order valence-corrected chi connectivity index (χ3v) is 7.06. The van der Waals surface area contributed by atoms with Gasteiger partial charge < -0.3 is 4.90 Å². The summed E-state index contributed by atoms with van der Waals surface area (Å²) in [4.78, 5) is 23.6. The van der Waals surface area contributed by atoms with Gasteiger partial charge >= 0.3 is 0 Å². The van der Waals surface area contributed by atoms with Crippen molar-refractivity contribution in [3.8, 4) is 0 Å². The first-order valence-corrected chi connectivity index (χ1v) is 10.9. The highest BCUT2D eigenvalue weighted by Crippen LogP contribution is 2.50. The summed E-state index contributed by atoms with van der Waals surface area (Å²) >= 11 is 9.30. The van der Waals surface area contributed by atoms with E-state index < -0.39 is 0 Å². The number of carbonyl (C=O) groups is 1. The van der Waals surface area contributed by atoms with Crippen LogP contribution in [0.15, 0.2) is 81.0 Å². The average molecular weight is 428 g/mol. The smallest absolute Gasteiger partial charge is 0.269 e. The lowest BCUT2D eigenvalue weighted by atomic mass is 10.3. The fourth-order valence-electron chi connectivity index (χ4n) is 3.07. The quantitative estimate of drug-likeness (QED) is 0.450. The van der Waals surface area contributed by atoms with Gasteiger partial charge in [-0.25, -0.2) is 4.99 Å². The summed E-state index contributed by atoms with van der Waals surface area (Å²) in [6.07, 6.45) is 1.71. The van der Waals surface area contributed by atoms with Gasteiger partial charge in [-0.2, -0.15) is 0 Å². The van der Waals surface area contributed by atoms with Crippen molar-refractivity contribution in [3.63, 3.8) is 0 Å². The Morgan fingerprint density at radius 3 is 2.61 bits per heavy atom. The van der Waals surface area contributed by atoms with E-state index in [0.29, 0.717) is 27.3 Å². The molecule has 28 heavy (non-hydrogen) atoms. The number of anilines is 1. The third kappa shape index (κ3) is 3.36. The van der Waals surface area contributed by atoms with Gasteiger partial charge in [-0.1, -0.05) is 53.7 Å². The molecule has 1 saturated heterocycles. The fourth-order valence-corrected chi connectivity index (χ4v) is 5.64. The number of carbonyl (C=O) groups excluding carboxylic acids is 1. The third-order valence-electron chi connectivity index (χ3n) is 4.36. The number of nitrogens with zero attached hydrogens (tertiary/aromatic N) is 3. The van der Waals surface area contributed by atoms with Crippen LogP contribution in [0.25, 0.3) is 0 Å². The summed E-state index contributed by atoms with van der Waals surface area (Å²) in [5, 5.41) is 2.13. The highest BCUT2D eigenvalue weighted by Gasteiger charge is 2.39. The molecule has 0 N–H and O–H groups in total. The maximum Gasteiger partial charge on any atom is 0.269 e. The summed E-state index contributed by atoms with van der Waals surface area (Å²) in [5.41, 5.74) is 1.78. The van der Waals surface area contributed by atoms with Crippen molar-refractivity contribution in [3.05, 3.63) is 76.1 Å². The number of aliphatic imine (C=N–C) groups is 1. The molecular weight excluding hydrogens is 410 g/mol. The topological polar surface area (TPSA) is 35.9 Å². The van der Waals surface area contributed by atoms with E-state index in [1.807, 2.05) is 30.3 Å². The number of thioether (sulfide) groups is 2. The van der Waals surface area contributed by atoms with Crippen LogP contribution in [-0.2, 0) is 4.79 Å². The molecule has 1 fully saturated rings. The molecule has 0 aliphatic carbocycles. The van der Waals surface area contributed by atoms with Crippen LogP contribution in [-0.4, -0.2) is 29.1 Å². The molecule has 7 heteroatoms. The number of rotatable bonds is 4. The van der Waals surface area contributed by atoms with Crippen molar-refractivity contribution in [2.75, 3.05) is 18.0 Å². The maximum absolute atomic E-state index is 13.2. The van der Waals surface area contributed by atoms with Crippen molar-refractivity contribution in [2.45, 2.75) is 11.8 Å². The van der Waals surface area contributed by atoms with Crippen LogP contribution in [0.3, 0.4) is 0 Å². The first-order chi connectivity index (χ1) is 13.6. The van der Waals surface area contributed by atoms with E-state index in [2.05, 4.69) is 35.5 Å². The van der Waals surface area contributed by atoms with Gasteiger partial charge in [-0.05, 0) is 43.0 Å². The Bertz CT molecular complexity index is 1020. The Hall–Kier alpha value is -2.15. The Kier molecular flexibility index (Phi) is 5.53. The standard InChI is InChI=1S/C21H18ClN3OS2/c1-3-13-25-19(26)18(28-21(25)23-15-10-6-5-9-14(15)22)20-24(4-2)16-11-7-8-12-17(16)27-20/h3,5-12H,1,4,13H2,2H3/b20-18-,23-21?. The van der Waals surface area contributed by atoms with E-state index >= 15 is 0 Å². The summed E-state index contributed by atoms with van der Waals surface area (Å²) in [6, 6.07) is 15.6. The van der Waals surface area contributed by atoms with E-state index in [1.54, 1.807) is 28.8 Å². The molecule has 0 aromatic heterocycles. The van der Waals surface area contributed by atoms with Crippen molar-refractivity contribution in [1.82, 2.24) is 4.90 Å². The van der Waals surface area contributed by atoms with Crippen LogP contribution in [0.1, 0.15) is 6.92 Å². The van der Waals surface area contributed by atoms with E-state index in [1.165, 1.54) is 11.8 Å². The summed E-state index contributed by atoms with van der Waals surface area (Å²) in [6.45, 7) is 7.06. The first kappa shape index (κ1) is 19.2. The van der Waals surface area contributed by atoms with Crippen molar-refractivity contribution in [2.24, 2.45) is 4.99 Å². The second kappa shape index (κ2) is 8.07. The molecule has 2 aromatic rings. The number of amidine groups is 1. The van der Waals surface area contributed by atoms with Gasteiger partial charge in [0, 0.05) is 18.0 Å². The molecule has 1 amide bonds. The Balaban J connectivity index is 1.78. The van der Waals surface area contributed by atoms with Gasteiger partial charge in [0.05, 0.1) is 16.4 Å². The minimum Gasteiger partial charge on any atom is -0.334 e. The molecule has 2 aliphatic rings. The van der Waals surface area contributed by atoms with Crippen LogP contribution < -0.4 is 4.90 Å². The molecule has 2 heterocycles. The number of benzene rings is 2. The minimum absolute atomic E-state index is 0.0514. The molecule has 4 nitrogen and oxygen atoms in total. The first-order valence-electron chi connectivity index (χ1n) is 8.86. The van der Waals surface area contributed by atoms with Crippen molar-refractivity contribution in [1.29, 1.82) is 0 Å². The van der Waals surface area contributed by atoms with E-state index in [-0.39, 0.29) is 5.91 Å². The number of amides is 1. The molecular formula is C21H18ClN3OS2. The van der Waals surface area contributed by atoms with Gasteiger partial charge in [0.2, 0.25) is 0 Å². The number of para-hydroxylation sites is 2. The monoisotopic (exact) mass is 427 g/mol. The van der Waals surface area contributed by atoms with Crippen LogP contribution in [0.4, 0.5) is 11.4 Å². The van der Waals surface area contributed by atoms with Crippen molar-refractivity contribution < 1.29 is 4.79 Å². The molecule has 0 bridgehead atoms. The van der Waals surface area contributed by atoms with Gasteiger partial charge in [-0.15, -0.1) is 6.58 Å². The van der Waals surface area contributed by atoms with E-state index in [4.69, 9.17) is 11.6 Å². The van der Waals surface area contributed by atoms with Gasteiger partial charge in [-0.3, -0.25) is 9.69 Å². The molecule has 0 spiro atoms. The molecule has 0 saturated carbocycles. The van der Waals surface area contributed by atoms with Crippen LogP contribution in [0, 0.1) is 0 Å². The second-order valence-corrected chi connectivity index (χ2v) is 8.52. The Morgan fingerprint density at radius 2 is 1.86 bits per heavy atom. The van der Waals surface area contributed by atoms with Gasteiger partial charge in [0.1, 0.15) is 9.93 Å². The van der Waals surface area contributed by atoms with Crippen LogP contribution >= 0.6 is 35.1 Å². The average Bonchev–Trinajstić information content (AvgIpc) is 3.22. The van der Waals surface area contributed by atoms with Crippen LogP contribution in [0.5, 0.6) is 0 Å². The SMILES string of the molecule is C=CCN1C(=O)/C(=C2/Sc3ccccc3N2CC)SC1=Nc1ccccc1Cl. The largest absolute Gasteiger partial charge is 0.334 e. The number of halogens is 1. The predicted molar refractivity (Wildman–Crippen MR) is 120 cm³/mol. The van der Waals surface area contributed by atoms with E-state index in [9.17, 15) is 4.79 Å². The lowest BCUT2D eigenvalue weighted by Gasteiger charge is -2.19. The van der Waals surface area contributed by atoms with E-state index in [0.717, 1.165) is 22.2 Å². The predicted octanol–water partition coefficient (Wildman–Crippen LogP) is 5.89. The number of hydrogen-bond donors (Lipinski definition) is 0. The van der Waals surface area contributed by atoms with Crippen LogP contribution in [0.2, 0.25) is 5.02 Å². The minimum atomic E-state index is -0.0514. The molecule has 2 aromatic carbocycles. The summed E-state index contributed by atoms with van der Waals surface area (Å²) < 4.78 is 0. The molecule has 142 valence electrons. The van der Waals surface area contributed by atoms with Crippen molar-refractivity contribution >= 4 is 57.6 Å². The number of hydrogen-bond acceptors (Lipinski definition) is 5.